The summed E-state index contributed by atoms with van der Waals surface area (Å²) < 4.78 is 6.53. The number of methoxy groups -OCH3 is 1. The molecule has 0 saturated heterocycles. The molecule has 0 spiro atoms. The van der Waals surface area contributed by atoms with E-state index in [1.54, 1.807) is 10.9 Å². The highest BCUT2D eigenvalue weighted by Crippen LogP contribution is 2.14. The van der Waals surface area contributed by atoms with Crippen LogP contribution in [-0.4, -0.2) is 58.5 Å². The van der Waals surface area contributed by atoms with Gasteiger partial charge < -0.3 is 14.7 Å². The molecule has 0 aliphatic carbocycles. The highest BCUT2D eigenvalue weighted by Gasteiger charge is 2.20. The van der Waals surface area contributed by atoms with E-state index in [4.69, 9.17) is 9.84 Å². The Kier molecular flexibility index (Phi) is 5.48. The maximum absolute atomic E-state index is 12.5. The summed E-state index contributed by atoms with van der Waals surface area (Å²) in [6, 6.07) is 7.67. The average molecular weight is 317 g/mol. The number of benzene rings is 1. The van der Waals surface area contributed by atoms with E-state index >= 15 is 0 Å². The van der Waals surface area contributed by atoms with E-state index in [9.17, 15) is 9.59 Å². The molecule has 0 aliphatic rings. The molecule has 0 bridgehead atoms. The van der Waals surface area contributed by atoms with Gasteiger partial charge in [-0.2, -0.15) is 5.10 Å². The summed E-state index contributed by atoms with van der Waals surface area (Å²) in [5, 5.41) is 13.1. The number of carbonyl (C=O) groups is 2. The molecule has 0 unspecified atom stereocenters. The highest BCUT2D eigenvalue weighted by molar-refractivity contribution is 5.95. The normalized spacial score (nSPS) is 10.5. The van der Waals surface area contributed by atoms with Crippen molar-refractivity contribution in [2.45, 2.75) is 6.92 Å². The summed E-state index contributed by atoms with van der Waals surface area (Å²) in [4.78, 5) is 24.6. The van der Waals surface area contributed by atoms with Crippen molar-refractivity contribution in [2.75, 3.05) is 26.8 Å². The molecule has 1 N–H and O–H groups in total. The molecule has 0 aliphatic heterocycles. The number of hydrogen-bond acceptors (Lipinski definition) is 4. The maximum atomic E-state index is 12.5. The monoisotopic (exact) mass is 317 g/mol. The molecule has 0 fully saturated rings. The van der Waals surface area contributed by atoms with Crippen LogP contribution in [0.3, 0.4) is 0 Å². The second kappa shape index (κ2) is 7.55. The van der Waals surface area contributed by atoms with Crippen LogP contribution in [-0.2, 0) is 9.53 Å². The highest BCUT2D eigenvalue weighted by atomic mass is 16.5. The molecule has 0 saturated carbocycles. The molecule has 2 rings (SSSR count). The van der Waals surface area contributed by atoms with Gasteiger partial charge in [0, 0.05) is 19.9 Å². The van der Waals surface area contributed by atoms with Crippen LogP contribution in [0.15, 0.2) is 36.7 Å². The molecule has 7 nitrogen and oxygen atoms in total. The van der Waals surface area contributed by atoms with Gasteiger partial charge in [-0.05, 0) is 18.6 Å². The molecule has 0 radical (unpaired) electrons. The lowest BCUT2D eigenvalue weighted by Crippen LogP contribution is -2.37. The Hall–Kier alpha value is -2.67. The molecule has 1 amide bonds. The van der Waals surface area contributed by atoms with E-state index in [1.165, 1.54) is 18.2 Å². The lowest BCUT2D eigenvalue weighted by atomic mass is 10.2. The predicted molar refractivity (Wildman–Crippen MR) is 83.7 cm³/mol. The summed E-state index contributed by atoms with van der Waals surface area (Å²) in [6.07, 6.45) is 3.04. The Morgan fingerprint density at radius 2 is 2.09 bits per heavy atom. The van der Waals surface area contributed by atoms with E-state index in [-0.39, 0.29) is 25.6 Å². The number of aromatic nitrogens is 2. The number of aliphatic carboxylic acids is 1. The molecule has 7 heteroatoms. The largest absolute Gasteiger partial charge is 0.480 e. The number of rotatable bonds is 7. The molecule has 23 heavy (non-hydrogen) atoms. The van der Waals surface area contributed by atoms with Gasteiger partial charge in [0.1, 0.15) is 6.54 Å². The van der Waals surface area contributed by atoms with Gasteiger partial charge in [0.15, 0.2) is 0 Å². The number of aryl methyl sites for hydroxylation is 1. The minimum atomic E-state index is -1.07. The van der Waals surface area contributed by atoms with Gasteiger partial charge in [-0.3, -0.25) is 9.59 Å². The van der Waals surface area contributed by atoms with Crippen LogP contribution in [0.1, 0.15) is 15.9 Å². The third kappa shape index (κ3) is 4.17. The lowest BCUT2D eigenvalue weighted by molar-refractivity contribution is -0.137. The summed E-state index contributed by atoms with van der Waals surface area (Å²) in [5.41, 5.74) is 2.23. The van der Waals surface area contributed by atoms with Crippen molar-refractivity contribution in [3.8, 4) is 5.69 Å². The number of ether oxygens (including phenoxy) is 1. The number of carboxylic acid groups (broad SMARTS) is 1. The third-order valence-corrected chi connectivity index (χ3v) is 3.37. The van der Waals surface area contributed by atoms with Crippen LogP contribution in [0.5, 0.6) is 0 Å². The number of para-hydroxylation sites is 1. The van der Waals surface area contributed by atoms with Crippen LogP contribution in [0.2, 0.25) is 0 Å². The fourth-order valence-corrected chi connectivity index (χ4v) is 2.19. The maximum Gasteiger partial charge on any atom is 0.323 e. The number of amides is 1. The average Bonchev–Trinajstić information content (AvgIpc) is 3.00. The number of carbonyl (C=O) groups excluding carboxylic acids is 1. The minimum absolute atomic E-state index is 0.206. The topological polar surface area (TPSA) is 84.7 Å². The Balaban J connectivity index is 2.22. The second-order valence-corrected chi connectivity index (χ2v) is 5.07. The first kappa shape index (κ1) is 16.7. The van der Waals surface area contributed by atoms with Crippen molar-refractivity contribution < 1.29 is 19.4 Å². The second-order valence-electron chi connectivity index (χ2n) is 5.07. The quantitative estimate of drug-likeness (QED) is 0.833. The van der Waals surface area contributed by atoms with Gasteiger partial charge in [-0.1, -0.05) is 18.2 Å². The van der Waals surface area contributed by atoms with Crippen LogP contribution < -0.4 is 0 Å². The van der Waals surface area contributed by atoms with Crippen molar-refractivity contribution in [3.05, 3.63) is 47.8 Å². The molecule has 1 aromatic heterocycles. The van der Waals surface area contributed by atoms with Gasteiger partial charge in [0.2, 0.25) is 0 Å². The smallest absolute Gasteiger partial charge is 0.323 e. The number of hydrogen-bond donors (Lipinski definition) is 1. The number of carboxylic acids is 1. The first-order valence-corrected chi connectivity index (χ1v) is 7.13. The molecule has 2 aromatic rings. The summed E-state index contributed by atoms with van der Waals surface area (Å²) in [7, 11) is 1.50. The van der Waals surface area contributed by atoms with Crippen LogP contribution in [0, 0.1) is 6.92 Å². The van der Waals surface area contributed by atoms with E-state index in [1.807, 2.05) is 31.2 Å². The minimum Gasteiger partial charge on any atom is -0.480 e. The van der Waals surface area contributed by atoms with Crippen molar-refractivity contribution in [3.63, 3.8) is 0 Å². The Labute approximate surface area is 134 Å². The molecular weight excluding hydrogens is 298 g/mol. The van der Waals surface area contributed by atoms with E-state index in [0.717, 1.165) is 11.3 Å². The summed E-state index contributed by atoms with van der Waals surface area (Å²) in [5.74, 6) is -1.45. The van der Waals surface area contributed by atoms with Gasteiger partial charge in [-0.25, -0.2) is 4.68 Å². The van der Waals surface area contributed by atoms with E-state index in [2.05, 4.69) is 5.10 Å². The summed E-state index contributed by atoms with van der Waals surface area (Å²) in [6.45, 7) is 2.05. The van der Waals surface area contributed by atoms with Gasteiger partial charge in [0.05, 0.1) is 24.1 Å². The molecule has 0 atom stereocenters. The van der Waals surface area contributed by atoms with Crippen LogP contribution in [0.4, 0.5) is 0 Å². The first-order valence-electron chi connectivity index (χ1n) is 7.13. The van der Waals surface area contributed by atoms with Crippen molar-refractivity contribution in [2.24, 2.45) is 0 Å². The predicted octanol–water partition coefficient (Wildman–Crippen LogP) is 1.35. The standard InChI is InChI=1S/C16H19N3O4/c1-12-5-3-4-6-14(12)19-10-13(9-17-19)16(22)18(7-8-23-2)11-15(20)21/h3-6,9-10H,7-8,11H2,1-2H3,(H,20,21). The molecular formula is C16H19N3O4. The Morgan fingerprint density at radius 3 is 2.74 bits per heavy atom. The first-order chi connectivity index (χ1) is 11.0. The van der Waals surface area contributed by atoms with E-state index in [0.29, 0.717) is 5.56 Å². The zero-order valence-electron chi connectivity index (χ0n) is 13.1. The fourth-order valence-electron chi connectivity index (χ4n) is 2.19. The number of nitrogens with zero attached hydrogens (tertiary/aromatic N) is 3. The van der Waals surface area contributed by atoms with Gasteiger partial charge >= 0.3 is 5.97 Å². The SMILES string of the molecule is COCCN(CC(=O)O)C(=O)c1cnn(-c2ccccc2C)c1. The zero-order chi connectivity index (χ0) is 16.8. The zero-order valence-corrected chi connectivity index (χ0v) is 13.1. The Morgan fingerprint density at radius 1 is 1.35 bits per heavy atom. The van der Waals surface area contributed by atoms with Crippen LogP contribution >= 0.6 is 0 Å². The van der Waals surface area contributed by atoms with Gasteiger partial charge in [-0.15, -0.1) is 0 Å². The lowest BCUT2D eigenvalue weighted by Gasteiger charge is -2.19. The van der Waals surface area contributed by atoms with Crippen molar-refractivity contribution in [1.29, 1.82) is 0 Å². The van der Waals surface area contributed by atoms with Crippen LogP contribution in [0.25, 0.3) is 5.69 Å². The van der Waals surface area contributed by atoms with Crippen molar-refractivity contribution in [1.82, 2.24) is 14.7 Å². The van der Waals surface area contributed by atoms with E-state index < -0.39 is 5.97 Å². The molecule has 1 aromatic carbocycles. The third-order valence-electron chi connectivity index (χ3n) is 3.37. The Bertz CT molecular complexity index is 696. The molecule has 1 heterocycles. The summed E-state index contributed by atoms with van der Waals surface area (Å²) >= 11 is 0. The van der Waals surface area contributed by atoms with Gasteiger partial charge in [0.25, 0.3) is 5.91 Å². The molecule has 122 valence electrons. The van der Waals surface area contributed by atoms with Crippen molar-refractivity contribution >= 4 is 11.9 Å². The fraction of sp³-hybridized carbons (Fsp3) is 0.312.